The molecule has 3 rings (SSSR count). The molecule has 0 bridgehead atoms. The van der Waals surface area contributed by atoms with Crippen LogP contribution in [0.15, 0.2) is 54.7 Å². The maximum Gasteiger partial charge on any atom is 0.244 e. The molecule has 2 aromatic carbocycles. The van der Waals surface area contributed by atoms with Gasteiger partial charge in [-0.3, -0.25) is 0 Å². The van der Waals surface area contributed by atoms with Crippen molar-refractivity contribution in [3.05, 3.63) is 65.9 Å². The van der Waals surface area contributed by atoms with Crippen molar-refractivity contribution in [2.24, 2.45) is 0 Å². The van der Waals surface area contributed by atoms with Gasteiger partial charge < -0.3 is 15.4 Å². The molecule has 28 heavy (non-hydrogen) atoms. The van der Waals surface area contributed by atoms with Crippen LogP contribution in [0.4, 0.5) is 17.5 Å². The molecule has 0 spiro atoms. The Labute approximate surface area is 166 Å². The molecule has 6 heteroatoms. The van der Waals surface area contributed by atoms with Crippen molar-refractivity contribution in [3.8, 4) is 5.75 Å². The molecule has 3 aromatic rings. The van der Waals surface area contributed by atoms with Gasteiger partial charge in [0.1, 0.15) is 5.75 Å². The van der Waals surface area contributed by atoms with E-state index >= 15 is 0 Å². The van der Waals surface area contributed by atoms with E-state index < -0.39 is 0 Å². The predicted octanol–water partition coefficient (Wildman–Crippen LogP) is 4.58. The molecule has 0 aliphatic rings. The second kappa shape index (κ2) is 8.69. The lowest BCUT2D eigenvalue weighted by Crippen LogP contribution is -2.14. The molecule has 0 aliphatic carbocycles. The van der Waals surface area contributed by atoms with Crippen molar-refractivity contribution in [1.29, 1.82) is 0 Å². The lowest BCUT2D eigenvalue weighted by molar-refractivity contribution is 0.410. The van der Waals surface area contributed by atoms with Crippen LogP contribution in [0.25, 0.3) is 0 Å². The van der Waals surface area contributed by atoms with Crippen LogP contribution < -0.4 is 15.4 Å². The summed E-state index contributed by atoms with van der Waals surface area (Å²) in [6.45, 7) is 7.26. The van der Waals surface area contributed by atoms with Crippen molar-refractivity contribution < 1.29 is 4.74 Å². The zero-order valence-electron chi connectivity index (χ0n) is 16.9. The number of ether oxygens (including phenoxy) is 1. The highest BCUT2D eigenvalue weighted by atomic mass is 16.5. The summed E-state index contributed by atoms with van der Waals surface area (Å²) in [4.78, 5) is 4.54. The zero-order chi connectivity index (χ0) is 20.0. The fraction of sp³-hybridized carbons (Fsp3) is 0.318. The Morgan fingerprint density at radius 3 is 2.54 bits per heavy atom. The number of nitrogens with one attached hydrogen (secondary N) is 2. The predicted molar refractivity (Wildman–Crippen MR) is 113 cm³/mol. The van der Waals surface area contributed by atoms with Crippen molar-refractivity contribution >= 4 is 17.5 Å². The first-order valence-corrected chi connectivity index (χ1v) is 9.39. The summed E-state index contributed by atoms with van der Waals surface area (Å²) in [6, 6.07) is 16.2. The van der Waals surface area contributed by atoms with Crippen molar-refractivity contribution in [1.82, 2.24) is 15.2 Å². The highest BCUT2D eigenvalue weighted by Crippen LogP contribution is 2.30. The van der Waals surface area contributed by atoms with Crippen LogP contribution in [0.3, 0.4) is 0 Å². The number of hydrogen-bond donors (Lipinski definition) is 2. The van der Waals surface area contributed by atoms with E-state index in [9.17, 15) is 0 Å². The third-order valence-electron chi connectivity index (χ3n) is 4.43. The van der Waals surface area contributed by atoms with Crippen molar-refractivity contribution in [2.45, 2.75) is 32.6 Å². The van der Waals surface area contributed by atoms with Crippen LogP contribution in [0.1, 0.15) is 31.9 Å². The molecular formula is C22H27N5O. The van der Waals surface area contributed by atoms with Gasteiger partial charge in [-0.05, 0) is 35.1 Å². The summed E-state index contributed by atoms with van der Waals surface area (Å²) in [7, 11) is 1.68. The summed E-state index contributed by atoms with van der Waals surface area (Å²) in [5.74, 6) is 2.04. The average molecular weight is 377 g/mol. The first-order valence-electron chi connectivity index (χ1n) is 9.39. The third-order valence-corrected chi connectivity index (χ3v) is 4.43. The smallest absolute Gasteiger partial charge is 0.244 e. The number of para-hydroxylation sites is 2. The first-order chi connectivity index (χ1) is 13.5. The topological polar surface area (TPSA) is 72.0 Å². The lowest BCUT2D eigenvalue weighted by atomic mass is 9.86. The van der Waals surface area contributed by atoms with E-state index in [1.807, 2.05) is 24.3 Å². The molecule has 0 amide bonds. The first kappa shape index (κ1) is 19.6. The summed E-state index contributed by atoms with van der Waals surface area (Å²) >= 11 is 0. The lowest BCUT2D eigenvalue weighted by Gasteiger charge is -2.23. The van der Waals surface area contributed by atoms with Crippen LogP contribution in [0.2, 0.25) is 0 Å². The Balaban J connectivity index is 1.67. The van der Waals surface area contributed by atoms with E-state index in [1.165, 1.54) is 5.56 Å². The standard InChI is InChI=1S/C22H27N5O/c1-22(2,3)17-10-6-7-11-18(17)25-20-15-24-27-21(26-20)23-14-13-16-9-5-8-12-19(16)28-4/h5-12,15H,13-14H2,1-4H3,(H2,23,25,26,27). The van der Waals surface area contributed by atoms with Gasteiger partial charge in [0.25, 0.3) is 0 Å². The molecule has 0 atom stereocenters. The van der Waals surface area contributed by atoms with Crippen LogP contribution >= 0.6 is 0 Å². The van der Waals surface area contributed by atoms with Crippen LogP contribution in [-0.4, -0.2) is 28.8 Å². The largest absolute Gasteiger partial charge is 0.496 e. The van der Waals surface area contributed by atoms with Gasteiger partial charge in [-0.15, -0.1) is 5.10 Å². The fourth-order valence-electron chi connectivity index (χ4n) is 3.04. The van der Waals surface area contributed by atoms with E-state index in [1.54, 1.807) is 13.3 Å². The Hall–Kier alpha value is -3.15. The van der Waals surface area contributed by atoms with Gasteiger partial charge in [0.05, 0.1) is 13.3 Å². The molecule has 1 aromatic heterocycles. The molecule has 6 nitrogen and oxygen atoms in total. The number of methoxy groups -OCH3 is 1. The molecule has 1 heterocycles. The highest BCUT2D eigenvalue weighted by molar-refractivity contribution is 5.62. The number of nitrogens with zero attached hydrogens (tertiary/aromatic N) is 3. The fourth-order valence-corrected chi connectivity index (χ4v) is 3.04. The monoisotopic (exact) mass is 377 g/mol. The maximum atomic E-state index is 5.39. The second-order valence-corrected chi connectivity index (χ2v) is 7.57. The highest BCUT2D eigenvalue weighted by Gasteiger charge is 2.17. The third kappa shape index (κ3) is 4.97. The van der Waals surface area contributed by atoms with Crippen LogP contribution in [0.5, 0.6) is 5.75 Å². The Bertz CT molecular complexity index is 921. The number of anilines is 3. The molecule has 0 aliphatic heterocycles. The van der Waals surface area contributed by atoms with E-state index in [4.69, 9.17) is 4.74 Å². The molecular weight excluding hydrogens is 350 g/mol. The minimum atomic E-state index is 0.0277. The Kier molecular flexibility index (Phi) is 6.09. The Morgan fingerprint density at radius 1 is 1.00 bits per heavy atom. The molecule has 2 N–H and O–H groups in total. The van der Waals surface area contributed by atoms with E-state index in [0.29, 0.717) is 18.3 Å². The molecule has 0 radical (unpaired) electrons. The van der Waals surface area contributed by atoms with Crippen LogP contribution in [0, 0.1) is 0 Å². The quantitative estimate of drug-likeness (QED) is 0.628. The normalized spacial score (nSPS) is 11.1. The SMILES string of the molecule is COc1ccccc1CCNc1nncc(Nc2ccccc2C(C)(C)C)n1. The molecule has 0 saturated carbocycles. The summed E-state index contributed by atoms with van der Waals surface area (Å²) in [6.07, 6.45) is 2.43. The van der Waals surface area contributed by atoms with Gasteiger partial charge in [0, 0.05) is 12.2 Å². The minimum Gasteiger partial charge on any atom is -0.496 e. The number of aromatic nitrogens is 3. The molecule has 146 valence electrons. The number of hydrogen-bond acceptors (Lipinski definition) is 6. The van der Waals surface area contributed by atoms with E-state index in [2.05, 4.69) is 70.9 Å². The van der Waals surface area contributed by atoms with Gasteiger partial charge in [0.2, 0.25) is 5.95 Å². The summed E-state index contributed by atoms with van der Waals surface area (Å²) < 4.78 is 5.39. The average Bonchev–Trinajstić information content (AvgIpc) is 2.68. The zero-order valence-corrected chi connectivity index (χ0v) is 16.9. The van der Waals surface area contributed by atoms with Crippen molar-refractivity contribution in [3.63, 3.8) is 0 Å². The summed E-state index contributed by atoms with van der Waals surface area (Å²) in [5.41, 5.74) is 3.41. The number of benzene rings is 2. The maximum absolute atomic E-state index is 5.39. The van der Waals surface area contributed by atoms with Crippen molar-refractivity contribution in [2.75, 3.05) is 24.3 Å². The molecule has 0 saturated heterocycles. The van der Waals surface area contributed by atoms with Gasteiger partial charge in [-0.25, -0.2) is 0 Å². The van der Waals surface area contributed by atoms with Gasteiger partial charge in [0.15, 0.2) is 5.82 Å². The van der Waals surface area contributed by atoms with E-state index in [-0.39, 0.29) is 5.41 Å². The number of rotatable bonds is 7. The molecule has 0 fully saturated rings. The molecule has 0 unspecified atom stereocenters. The van der Waals surface area contributed by atoms with Crippen LogP contribution in [-0.2, 0) is 11.8 Å². The minimum absolute atomic E-state index is 0.0277. The van der Waals surface area contributed by atoms with Gasteiger partial charge in [-0.1, -0.05) is 57.2 Å². The van der Waals surface area contributed by atoms with Gasteiger partial charge >= 0.3 is 0 Å². The van der Waals surface area contributed by atoms with E-state index in [0.717, 1.165) is 23.4 Å². The summed E-state index contributed by atoms with van der Waals surface area (Å²) in [5, 5.41) is 14.8. The second-order valence-electron chi connectivity index (χ2n) is 7.57. The Morgan fingerprint density at radius 2 is 1.75 bits per heavy atom. The van der Waals surface area contributed by atoms with Gasteiger partial charge in [-0.2, -0.15) is 10.1 Å².